The van der Waals surface area contributed by atoms with Crippen LogP contribution in [0.3, 0.4) is 0 Å². The summed E-state index contributed by atoms with van der Waals surface area (Å²) in [6.45, 7) is 14.6. The van der Waals surface area contributed by atoms with Crippen LogP contribution in [0.25, 0.3) is 0 Å². The Kier molecular flexibility index (Phi) is 14.3. The van der Waals surface area contributed by atoms with Gasteiger partial charge in [-0.15, -0.1) is 0 Å². The van der Waals surface area contributed by atoms with Crippen molar-refractivity contribution in [3.8, 4) is 0 Å². The predicted molar refractivity (Wildman–Crippen MR) is 211 cm³/mol. The molecule has 0 radical (unpaired) electrons. The molecule has 4 amide bonds. The van der Waals surface area contributed by atoms with Crippen LogP contribution in [0, 0.1) is 32.5 Å². The van der Waals surface area contributed by atoms with Gasteiger partial charge in [0.1, 0.15) is 30.8 Å². The molecule has 280 valence electrons. The first-order valence-electron chi connectivity index (χ1n) is 17.0. The molecule has 4 rings (SSSR count). The van der Waals surface area contributed by atoms with Gasteiger partial charge in [-0.25, -0.2) is 0 Å². The van der Waals surface area contributed by atoms with Crippen LogP contribution in [0.2, 0.25) is 0 Å². The van der Waals surface area contributed by atoms with Crippen molar-refractivity contribution >= 4 is 92.5 Å². The molecule has 12 nitrogen and oxygen atoms in total. The summed E-state index contributed by atoms with van der Waals surface area (Å²) in [7, 11) is 6.86. The maximum Gasteiger partial charge on any atom is 1.00 e. The van der Waals surface area contributed by atoms with Crippen LogP contribution in [0.4, 0.5) is 0 Å². The largest absolute Gasteiger partial charge is 1.00 e. The van der Waals surface area contributed by atoms with Gasteiger partial charge in [0.15, 0.2) is 0 Å². The van der Waals surface area contributed by atoms with Gasteiger partial charge in [-0.1, -0.05) is 76.6 Å². The van der Waals surface area contributed by atoms with Crippen LogP contribution < -0.4 is 51.3 Å². The SMILES string of the molecule is CN(NC(=O)C(C)(C)C(=O)NN(C)C(=S)C1(C)CC1)C(=S)C1(C)CC1.CN(NC(=O)C(C)(C)C(=O)NN(C)C(=S)C1(C)CC1)C(=S)C1(C)CC1.[Na+]. The van der Waals surface area contributed by atoms with Crippen LogP contribution in [0.15, 0.2) is 0 Å². The van der Waals surface area contributed by atoms with E-state index in [4.69, 9.17) is 48.9 Å². The summed E-state index contributed by atoms with van der Waals surface area (Å²) >= 11 is 21.7. The van der Waals surface area contributed by atoms with Gasteiger partial charge in [-0.05, 0) is 79.1 Å². The van der Waals surface area contributed by atoms with Gasteiger partial charge in [-0.3, -0.25) is 60.9 Å². The topological polar surface area (TPSA) is 129 Å². The molecule has 4 aliphatic carbocycles. The first kappa shape index (κ1) is 45.6. The fraction of sp³-hybridized carbons (Fsp3) is 0.765. The molecule has 4 saturated carbocycles. The second kappa shape index (κ2) is 16.0. The average Bonchev–Trinajstić information content (AvgIpc) is 3.84. The number of nitrogens with zero attached hydrogens (tertiary/aromatic N) is 4. The van der Waals surface area contributed by atoms with E-state index in [-0.39, 0.29) is 51.2 Å². The van der Waals surface area contributed by atoms with Crippen LogP contribution in [0.1, 0.15) is 107 Å². The normalized spacial score (nSPS) is 19.1. The number of carbonyl (C=O) groups is 4. The van der Waals surface area contributed by atoms with E-state index >= 15 is 0 Å². The number of amides is 4. The second-order valence-corrected chi connectivity index (χ2v) is 18.3. The number of hydrogen-bond donors (Lipinski definition) is 4. The van der Waals surface area contributed by atoms with Gasteiger partial charge in [0, 0.05) is 49.9 Å². The smallest absolute Gasteiger partial charge is 0.281 e. The number of rotatable bonds is 8. The van der Waals surface area contributed by atoms with Gasteiger partial charge in [0.05, 0.1) is 0 Å². The van der Waals surface area contributed by atoms with Crippen molar-refractivity contribution in [2.75, 3.05) is 28.2 Å². The average molecular weight is 792 g/mol. The first-order chi connectivity index (χ1) is 22.7. The minimum Gasteiger partial charge on any atom is -0.281 e. The van der Waals surface area contributed by atoms with Crippen molar-refractivity contribution < 1.29 is 48.7 Å². The third-order valence-corrected chi connectivity index (χ3v) is 13.7. The summed E-state index contributed by atoms with van der Waals surface area (Å²) in [5, 5.41) is 6.22. The Labute approximate surface area is 347 Å². The van der Waals surface area contributed by atoms with Crippen LogP contribution in [0.5, 0.6) is 0 Å². The van der Waals surface area contributed by atoms with Crippen molar-refractivity contribution in [1.82, 2.24) is 41.7 Å². The van der Waals surface area contributed by atoms with E-state index in [0.717, 1.165) is 51.4 Å². The maximum atomic E-state index is 12.6. The van der Waals surface area contributed by atoms with E-state index in [0.29, 0.717) is 20.0 Å². The van der Waals surface area contributed by atoms with Crippen molar-refractivity contribution in [1.29, 1.82) is 0 Å². The third kappa shape index (κ3) is 10.8. The summed E-state index contributed by atoms with van der Waals surface area (Å²) in [5.74, 6) is -1.63. The van der Waals surface area contributed by atoms with E-state index in [1.165, 1.54) is 0 Å². The van der Waals surface area contributed by atoms with Crippen LogP contribution in [-0.2, 0) is 19.2 Å². The molecule has 0 atom stereocenters. The van der Waals surface area contributed by atoms with Gasteiger partial charge in [-0.2, -0.15) is 0 Å². The van der Waals surface area contributed by atoms with E-state index in [1.807, 2.05) is 0 Å². The summed E-state index contributed by atoms with van der Waals surface area (Å²) in [6.07, 6.45) is 8.20. The van der Waals surface area contributed by atoms with E-state index in [2.05, 4.69) is 49.4 Å². The Morgan fingerprint density at radius 3 is 0.686 bits per heavy atom. The molecule has 0 aliphatic heterocycles. The molecule has 0 saturated heterocycles. The van der Waals surface area contributed by atoms with Crippen LogP contribution >= 0.6 is 48.9 Å². The Morgan fingerprint density at radius 2 is 0.569 bits per heavy atom. The van der Waals surface area contributed by atoms with Crippen LogP contribution in [-0.4, -0.2) is 91.8 Å². The van der Waals surface area contributed by atoms with E-state index in [1.54, 1.807) is 75.9 Å². The third-order valence-electron chi connectivity index (χ3n) is 10.6. The number of hydrogen-bond acceptors (Lipinski definition) is 8. The monoisotopic (exact) mass is 791 g/mol. The summed E-state index contributed by atoms with van der Waals surface area (Å²) in [5.41, 5.74) is 8.34. The molecule has 51 heavy (non-hydrogen) atoms. The molecule has 0 unspecified atom stereocenters. The number of hydrazine groups is 4. The molecule has 4 aliphatic rings. The minimum atomic E-state index is -1.26. The van der Waals surface area contributed by atoms with Gasteiger partial charge < -0.3 is 0 Å². The zero-order valence-electron chi connectivity index (χ0n) is 32.7. The zero-order chi connectivity index (χ0) is 38.4. The fourth-order valence-corrected chi connectivity index (χ4v) is 5.80. The van der Waals surface area contributed by atoms with Gasteiger partial charge in [0.25, 0.3) is 23.6 Å². The number of carbonyl (C=O) groups excluding carboxylic acids is 4. The standard InChI is InChI=1S/2C17H28N4O2S2.Na/c2*1-15(2,11(22)18-20(5)13(24)16(3)7-8-16)12(23)19-21(6)14(25)17(4)9-10-17;/h2*7-10H2,1-6H3,(H,18,22)(H,19,23);/q;;+1. The molecule has 17 heteroatoms. The summed E-state index contributed by atoms with van der Waals surface area (Å²) in [6, 6.07) is 0. The molecule has 4 N–H and O–H groups in total. The summed E-state index contributed by atoms with van der Waals surface area (Å²) in [4.78, 5) is 53.2. The van der Waals surface area contributed by atoms with Crippen molar-refractivity contribution in [2.45, 2.75) is 107 Å². The predicted octanol–water partition coefficient (Wildman–Crippen LogP) is 1.39. The quantitative estimate of drug-likeness (QED) is 0.123. The fourth-order valence-electron chi connectivity index (χ4n) is 4.80. The van der Waals surface area contributed by atoms with Gasteiger partial charge >= 0.3 is 29.6 Å². The second-order valence-electron chi connectivity index (χ2n) is 16.7. The Bertz CT molecular complexity index is 1260. The van der Waals surface area contributed by atoms with E-state index in [9.17, 15) is 19.2 Å². The number of thiocarbonyl (C=S) groups is 4. The Hall–Kier alpha value is -1.56. The van der Waals surface area contributed by atoms with Gasteiger partial charge in [0.2, 0.25) is 0 Å². The summed E-state index contributed by atoms with van der Waals surface area (Å²) < 4.78 is 0. The molecule has 0 aromatic rings. The molecule has 0 aromatic heterocycles. The minimum absolute atomic E-state index is 0. The first-order valence-corrected chi connectivity index (χ1v) is 18.7. The molecule has 0 heterocycles. The maximum absolute atomic E-state index is 12.6. The Morgan fingerprint density at radius 1 is 0.431 bits per heavy atom. The zero-order valence-corrected chi connectivity index (χ0v) is 38.0. The molecule has 0 aromatic carbocycles. The van der Waals surface area contributed by atoms with Crippen molar-refractivity contribution in [3.05, 3.63) is 0 Å². The Balaban J connectivity index is 0.000000347. The molecule has 4 fully saturated rings. The molecule has 0 spiro atoms. The molecular formula is C34H56N8NaO4S4+. The van der Waals surface area contributed by atoms with Crippen molar-refractivity contribution in [2.24, 2.45) is 32.5 Å². The van der Waals surface area contributed by atoms with Crippen molar-refractivity contribution in [3.63, 3.8) is 0 Å². The molecule has 0 bridgehead atoms. The molecular weight excluding hydrogens is 736 g/mol. The van der Waals surface area contributed by atoms with E-state index < -0.39 is 34.5 Å². The number of nitrogens with one attached hydrogen (secondary N) is 4.